The van der Waals surface area contributed by atoms with Gasteiger partial charge >= 0.3 is 0 Å². The lowest BCUT2D eigenvalue weighted by Gasteiger charge is -2.30. The maximum atomic E-state index is 12.0. The molecule has 20 heavy (non-hydrogen) atoms. The minimum atomic E-state index is 0.245. The molecule has 1 aromatic carbocycles. The van der Waals surface area contributed by atoms with E-state index in [1.807, 2.05) is 4.90 Å². The maximum Gasteiger partial charge on any atom is 0.224 e. The molecule has 108 valence electrons. The number of carbonyl (C=O) groups excluding carboxylic acids is 1. The second kappa shape index (κ2) is 6.37. The van der Waals surface area contributed by atoms with Gasteiger partial charge in [-0.05, 0) is 17.5 Å². The molecule has 2 aliphatic rings. The second-order valence-corrected chi connectivity index (χ2v) is 5.55. The summed E-state index contributed by atoms with van der Waals surface area (Å²) in [6.07, 6.45) is 1.76. The van der Waals surface area contributed by atoms with Crippen molar-refractivity contribution in [1.82, 2.24) is 10.2 Å². The molecule has 1 N–H and O–H groups in total. The van der Waals surface area contributed by atoms with E-state index in [2.05, 4.69) is 29.6 Å². The van der Waals surface area contributed by atoms with E-state index in [4.69, 9.17) is 4.74 Å². The number of fused-ring (bicyclic) bond motifs is 1. The molecule has 1 heterocycles. The molecule has 4 nitrogen and oxygen atoms in total. The van der Waals surface area contributed by atoms with Gasteiger partial charge in [-0.2, -0.15) is 0 Å². The van der Waals surface area contributed by atoms with Crippen molar-refractivity contribution >= 4 is 5.91 Å². The molecule has 0 bridgehead atoms. The molecule has 4 heteroatoms. The SMILES string of the molecule is O=C(CCNCC1Cc2ccccc21)N1CCOCC1. The lowest BCUT2D eigenvalue weighted by Crippen LogP contribution is -2.42. The number of nitrogens with one attached hydrogen (secondary N) is 1. The summed E-state index contributed by atoms with van der Waals surface area (Å²) < 4.78 is 5.25. The summed E-state index contributed by atoms with van der Waals surface area (Å²) in [6.45, 7) is 4.60. The molecule has 1 aliphatic carbocycles. The fraction of sp³-hybridized carbons (Fsp3) is 0.562. The van der Waals surface area contributed by atoms with Crippen LogP contribution < -0.4 is 5.32 Å². The summed E-state index contributed by atoms with van der Waals surface area (Å²) in [7, 11) is 0. The molecule has 3 rings (SSSR count). The minimum Gasteiger partial charge on any atom is -0.378 e. The van der Waals surface area contributed by atoms with Crippen LogP contribution in [0.4, 0.5) is 0 Å². The van der Waals surface area contributed by atoms with E-state index >= 15 is 0 Å². The van der Waals surface area contributed by atoms with Crippen LogP contribution in [0.2, 0.25) is 0 Å². The highest BCUT2D eigenvalue weighted by Gasteiger charge is 2.24. The average molecular weight is 274 g/mol. The first kappa shape index (κ1) is 13.6. The summed E-state index contributed by atoms with van der Waals surface area (Å²) in [5.41, 5.74) is 2.95. The Morgan fingerprint density at radius 3 is 2.90 bits per heavy atom. The zero-order valence-electron chi connectivity index (χ0n) is 11.8. The van der Waals surface area contributed by atoms with Crippen LogP contribution in [0.3, 0.4) is 0 Å². The van der Waals surface area contributed by atoms with Gasteiger partial charge in [-0.25, -0.2) is 0 Å². The average Bonchev–Trinajstić information content (AvgIpc) is 2.48. The Hall–Kier alpha value is -1.39. The van der Waals surface area contributed by atoms with E-state index in [1.54, 1.807) is 0 Å². The molecule has 1 fully saturated rings. The second-order valence-electron chi connectivity index (χ2n) is 5.55. The molecule has 1 amide bonds. The van der Waals surface area contributed by atoms with Gasteiger partial charge in [0.15, 0.2) is 0 Å². The number of hydrogen-bond donors (Lipinski definition) is 1. The van der Waals surface area contributed by atoms with E-state index in [0.29, 0.717) is 25.6 Å². The molecule has 1 unspecified atom stereocenters. The molecule has 1 saturated heterocycles. The Morgan fingerprint density at radius 1 is 1.30 bits per heavy atom. The number of hydrogen-bond acceptors (Lipinski definition) is 3. The van der Waals surface area contributed by atoms with Crippen LogP contribution in [0.1, 0.15) is 23.5 Å². The van der Waals surface area contributed by atoms with Crippen molar-refractivity contribution in [1.29, 1.82) is 0 Å². The fourth-order valence-corrected chi connectivity index (χ4v) is 2.99. The Kier molecular flexibility index (Phi) is 4.33. The molecular weight excluding hydrogens is 252 g/mol. The van der Waals surface area contributed by atoms with Gasteiger partial charge in [0.05, 0.1) is 13.2 Å². The van der Waals surface area contributed by atoms with E-state index in [0.717, 1.165) is 26.2 Å². The number of benzene rings is 1. The number of rotatable bonds is 5. The van der Waals surface area contributed by atoms with Crippen LogP contribution in [-0.2, 0) is 16.0 Å². The zero-order chi connectivity index (χ0) is 13.8. The monoisotopic (exact) mass is 274 g/mol. The third-order valence-corrected chi connectivity index (χ3v) is 4.23. The predicted octanol–water partition coefficient (Wildman–Crippen LogP) is 1.16. The van der Waals surface area contributed by atoms with Crippen LogP contribution >= 0.6 is 0 Å². The molecule has 0 radical (unpaired) electrons. The maximum absolute atomic E-state index is 12.0. The number of ether oxygens (including phenoxy) is 1. The predicted molar refractivity (Wildman–Crippen MR) is 77.8 cm³/mol. The Bertz CT molecular complexity index is 469. The largest absolute Gasteiger partial charge is 0.378 e. The van der Waals surface area contributed by atoms with E-state index < -0.39 is 0 Å². The third-order valence-electron chi connectivity index (χ3n) is 4.23. The van der Waals surface area contributed by atoms with E-state index in [9.17, 15) is 4.79 Å². The van der Waals surface area contributed by atoms with Crippen LogP contribution in [0, 0.1) is 0 Å². The number of amides is 1. The van der Waals surface area contributed by atoms with Gasteiger partial charge in [0.1, 0.15) is 0 Å². The zero-order valence-corrected chi connectivity index (χ0v) is 11.8. The lowest BCUT2D eigenvalue weighted by atomic mass is 9.77. The summed E-state index contributed by atoms with van der Waals surface area (Å²) in [4.78, 5) is 13.9. The van der Waals surface area contributed by atoms with Crippen molar-refractivity contribution in [2.45, 2.75) is 18.8 Å². The normalized spacial score (nSPS) is 21.2. The van der Waals surface area contributed by atoms with Crippen molar-refractivity contribution in [3.05, 3.63) is 35.4 Å². The first-order chi connectivity index (χ1) is 9.84. The van der Waals surface area contributed by atoms with Crippen molar-refractivity contribution < 1.29 is 9.53 Å². The highest BCUT2D eigenvalue weighted by molar-refractivity contribution is 5.76. The molecule has 0 saturated carbocycles. The van der Waals surface area contributed by atoms with Crippen molar-refractivity contribution in [3.63, 3.8) is 0 Å². The summed E-state index contributed by atoms with van der Waals surface area (Å²) in [6, 6.07) is 8.62. The fourth-order valence-electron chi connectivity index (χ4n) is 2.99. The van der Waals surface area contributed by atoms with Crippen molar-refractivity contribution in [3.8, 4) is 0 Å². The molecule has 1 aliphatic heterocycles. The third kappa shape index (κ3) is 3.02. The minimum absolute atomic E-state index is 0.245. The highest BCUT2D eigenvalue weighted by Crippen LogP contribution is 2.33. The number of carbonyl (C=O) groups is 1. The van der Waals surface area contributed by atoms with Crippen LogP contribution in [0.25, 0.3) is 0 Å². The summed E-state index contributed by atoms with van der Waals surface area (Å²) in [5.74, 6) is 0.875. The van der Waals surface area contributed by atoms with Gasteiger partial charge in [-0.1, -0.05) is 24.3 Å². The smallest absolute Gasteiger partial charge is 0.224 e. The van der Waals surface area contributed by atoms with E-state index in [1.165, 1.54) is 17.5 Å². The van der Waals surface area contributed by atoms with Crippen molar-refractivity contribution in [2.24, 2.45) is 0 Å². The highest BCUT2D eigenvalue weighted by atomic mass is 16.5. The quantitative estimate of drug-likeness (QED) is 0.819. The van der Waals surface area contributed by atoms with Crippen LogP contribution in [0.5, 0.6) is 0 Å². The van der Waals surface area contributed by atoms with Gasteiger partial charge in [0.2, 0.25) is 5.91 Å². The van der Waals surface area contributed by atoms with Crippen LogP contribution in [-0.4, -0.2) is 50.2 Å². The topological polar surface area (TPSA) is 41.6 Å². The Labute approximate surface area is 120 Å². The van der Waals surface area contributed by atoms with Gasteiger partial charge in [-0.15, -0.1) is 0 Å². The first-order valence-electron chi connectivity index (χ1n) is 7.48. The Morgan fingerprint density at radius 2 is 2.10 bits per heavy atom. The Balaban J connectivity index is 1.34. The molecule has 0 spiro atoms. The van der Waals surface area contributed by atoms with Gasteiger partial charge in [-0.3, -0.25) is 4.79 Å². The number of morpholine rings is 1. The molecular formula is C16H22N2O2. The number of nitrogens with zero attached hydrogens (tertiary/aromatic N) is 1. The van der Waals surface area contributed by atoms with E-state index in [-0.39, 0.29) is 5.91 Å². The summed E-state index contributed by atoms with van der Waals surface area (Å²) in [5, 5.41) is 3.42. The van der Waals surface area contributed by atoms with Crippen molar-refractivity contribution in [2.75, 3.05) is 39.4 Å². The first-order valence-corrected chi connectivity index (χ1v) is 7.48. The lowest BCUT2D eigenvalue weighted by molar-refractivity contribution is -0.135. The van der Waals surface area contributed by atoms with Gasteiger partial charge in [0.25, 0.3) is 0 Å². The molecule has 1 atom stereocenters. The summed E-state index contributed by atoms with van der Waals surface area (Å²) >= 11 is 0. The van der Waals surface area contributed by atoms with Crippen LogP contribution in [0.15, 0.2) is 24.3 Å². The van der Waals surface area contributed by atoms with Gasteiger partial charge < -0.3 is 15.0 Å². The molecule has 1 aromatic rings. The standard InChI is InChI=1S/C16H22N2O2/c19-16(18-7-9-20-10-8-18)5-6-17-12-14-11-13-3-1-2-4-15(13)14/h1-4,14,17H,5-12H2. The van der Waals surface area contributed by atoms with Gasteiger partial charge in [0, 0.05) is 38.5 Å². The molecule has 0 aromatic heterocycles.